The maximum absolute atomic E-state index is 12.1. The maximum atomic E-state index is 12.1. The lowest BCUT2D eigenvalue weighted by Crippen LogP contribution is -2.28. The van der Waals surface area contributed by atoms with E-state index in [0.29, 0.717) is 17.1 Å². The number of anilines is 1. The van der Waals surface area contributed by atoms with Crippen molar-refractivity contribution in [3.63, 3.8) is 0 Å². The number of hydrogen-bond donors (Lipinski definition) is 1. The molecule has 1 heterocycles. The second kappa shape index (κ2) is 9.37. The fourth-order valence-electron chi connectivity index (χ4n) is 2.80. The Balaban J connectivity index is 2.09. The van der Waals surface area contributed by atoms with Gasteiger partial charge in [0.05, 0.1) is 5.56 Å². The average molecular weight is 419 g/mol. The van der Waals surface area contributed by atoms with Gasteiger partial charge in [-0.1, -0.05) is 36.9 Å². The number of carbonyl (C=O) groups excluding carboxylic acids is 1. The number of carbonyl (C=O) groups is 1. The Kier molecular flexibility index (Phi) is 6.64. The van der Waals surface area contributed by atoms with Gasteiger partial charge in [0.2, 0.25) is 11.9 Å². The Morgan fingerprint density at radius 3 is 2.33 bits per heavy atom. The van der Waals surface area contributed by atoms with Crippen LogP contribution in [0.5, 0.6) is 5.75 Å². The summed E-state index contributed by atoms with van der Waals surface area (Å²) in [5, 5.41) is 10.2. The molecule has 6 nitrogen and oxygen atoms in total. The summed E-state index contributed by atoms with van der Waals surface area (Å²) in [5.41, 5.74) is 1.92. The van der Waals surface area contributed by atoms with E-state index in [1.165, 1.54) is 16.7 Å². The molecule has 1 N–H and O–H groups in total. The summed E-state index contributed by atoms with van der Waals surface area (Å²) < 4.78 is 0. The topological polar surface area (TPSA) is 79.2 Å². The second-order valence-corrected chi connectivity index (χ2v) is 7.41. The zero-order valence-corrected chi connectivity index (χ0v) is 17.8. The lowest BCUT2D eigenvalue weighted by atomic mass is 10.2. The van der Waals surface area contributed by atoms with Gasteiger partial charge in [0.15, 0.2) is 11.6 Å². The molecule has 3 aromatic rings. The van der Waals surface area contributed by atoms with Crippen LogP contribution in [0.3, 0.4) is 0 Å². The summed E-state index contributed by atoms with van der Waals surface area (Å²) >= 11 is 1.68. The summed E-state index contributed by atoms with van der Waals surface area (Å²) in [5.74, 6) is 0.560. The summed E-state index contributed by atoms with van der Waals surface area (Å²) in [6.07, 6.45) is 5.66. The molecule has 0 aliphatic heterocycles. The van der Waals surface area contributed by atoms with Gasteiger partial charge in [0.25, 0.3) is 0 Å². The van der Waals surface area contributed by atoms with Crippen molar-refractivity contribution in [1.29, 1.82) is 0 Å². The van der Waals surface area contributed by atoms with Crippen molar-refractivity contribution in [2.45, 2.75) is 18.7 Å². The average Bonchev–Trinajstić information content (AvgIpc) is 2.72. The van der Waals surface area contributed by atoms with Crippen LogP contribution < -0.4 is 4.90 Å². The number of nitrogens with zero attached hydrogens (tertiary/aromatic N) is 4. The number of amides is 1. The molecule has 3 rings (SSSR count). The second-order valence-electron chi connectivity index (χ2n) is 6.53. The zero-order chi connectivity index (χ0) is 21.7. The first-order chi connectivity index (χ1) is 14.4. The van der Waals surface area contributed by atoms with Crippen LogP contribution in [0, 0.1) is 0 Å². The number of hydrogen-bond acceptors (Lipinski definition) is 6. The highest BCUT2D eigenvalue weighted by molar-refractivity contribution is 7.98. The van der Waals surface area contributed by atoms with Gasteiger partial charge in [0.1, 0.15) is 5.75 Å². The van der Waals surface area contributed by atoms with Crippen LogP contribution in [0.15, 0.2) is 65.7 Å². The number of allylic oxidation sites excluding steroid dienone is 1. The van der Waals surface area contributed by atoms with Gasteiger partial charge in [-0.15, -0.1) is 11.8 Å². The molecule has 0 fully saturated rings. The first kappa shape index (κ1) is 21.3. The summed E-state index contributed by atoms with van der Waals surface area (Å²) in [6.45, 7) is 6.97. The van der Waals surface area contributed by atoms with E-state index < -0.39 is 0 Å². The van der Waals surface area contributed by atoms with E-state index in [4.69, 9.17) is 0 Å². The van der Waals surface area contributed by atoms with Gasteiger partial charge in [0, 0.05) is 17.5 Å². The normalized spacial score (nSPS) is 10.9. The number of para-hydroxylation sites is 1. The molecule has 0 aliphatic rings. The summed E-state index contributed by atoms with van der Waals surface area (Å²) in [6, 6.07) is 14.8. The number of aromatic hydroxyl groups is 1. The van der Waals surface area contributed by atoms with Crippen LogP contribution in [0.2, 0.25) is 0 Å². The number of rotatable bonds is 6. The molecule has 0 atom stereocenters. The monoisotopic (exact) mass is 418 g/mol. The minimum Gasteiger partial charge on any atom is -0.507 e. The molecule has 0 aliphatic carbocycles. The molecule has 0 radical (unpaired) electrons. The number of thioether (sulfide) groups is 1. The lowest BCUT2D eigenvalue weighted by Gasteiger charge is -2.19. The van der Waals surface area contributed by atoms with Crippen molar-refractivity contribution in [2.24, 2.45) is 0 Å². The maximum Gasteiger partial charge on any atom is 0.240 e. The van der Waals surface area contributed by atoms with Gasteiger partial charge in [-0.05, 0) is 49.1 Å². The molecule has 30 heavy (non-hydrogen) atoms. The van der Waals surface area contributed by atoms with Crippen molar-refractivity contribution >= 4 is 35.8 Å². The van der Waals surface area contributed by atoms with Gasteiger partial charge in [-0.2, -0.15) is 9.97 Å². The summed E-state index contributed by atoms with van der Waals surface area (Å²) in [7, 11) is 0. The lowest BCUT2D eigenvalue weighted by molar-refractivity contribution is -0.116. The quantitative estimate of drug-likeness (QED) is 0.566. The predicted molar refractivity (Wildman–Crippen MR) is 122 cm³/mol. The molecule has 152 valence electrons. The van der Waals surface area contributed by atoms with E-state index in [2.05, 4.69) is 21.5 Å². The van der Waals surface area contributed by atoms with Crippen molar-refractivity contribution in [3.8, 4) is 17.1 Å². The minimum atomic E-state index is -0.264. The smallest absolute Gasteiger partial charge is 0.240 e. The number of benzene rings is 2. The van der Waals surface area contributed by atoms with Gasteiger partial charge < -0.3 is 5.11 Å². The Labute approximate surface area is 180 Å². The third-order valence-electron chi connectivity index (χ3n) is 4.22. The van der Waals surface area contributed by atoms with E-state index in [9.17, 15) is 9.90 Å². The first-order valence-corrected chi connectivity index (χ1v) is 10.4. The molecule has 7 heteroatoms. The molecule has 0 saturated carbocycles. The Morgan fingerprint density at radius 1 is 1.03 bits per heavy atom. The molecular weight excluding hydrogens is 396 g/mol. The highest BCUT2D eigenvalue weighted by atomic mass is 32.2. The van der Waals surface area contributed by atoms with Gasteiger partial charge >= 0.3 is 0 Å². The first-order valence-electron chi connectivity index (χ1n) is 9.22. The molecule has 0 bridgehead atoms. The Hall–Kier alpha value is -3.45. The highest BCUT2D eigenvalue weighted by Crippen LogP contribution is 2.28. The fourth-order valence-corrected chi connectivity index (χ4v) is 3.21. The predicted octanol–water partition coefficient (Wildman–Crippen LogP) is 5.02. The van der Waals surface area contributed by atoms with E-state index in [1.807, 2.05) is 36.6 Å². The van der Waals surface area contributed by atoms with Crippen LogP contribution in [-0.2, 0) is 4.79 Å². The zero-order valence-electron chi connectivity index (χ0n) is 17.0. The fraction of sp³-hybridized carbons (Fsp3) is 0.130. The van der Waals surface area contributed by atoms with Crippen LogP contribution in [0.25, 0.3) is 23.5 Å². The van der Waals surface area contributed by atoms with Crippen molar-refractivity contribution < 1.29 is 9.90 Å². The molecule has 2 aromatic carbocycles. The molecule has 0 spiro atoms. The number of phenolic OH excluding ortho intramolecular Hbond substituents is 1. The van der Waals surface area contributed by atoms with Crippen LogP contribution in [0.1, 0.15) is 25.2 Å². The molecular formula is C23H22N4O2S. The SMILES string of the molecule is C=C(C)N(C(C)=O)c1nc(/C=C/c2ccc(SC)cc2)nc(-c2ccccc2O)n1. The molecule has 1 aromatic heterocycles. The van der Waals surface area contributed by atoms with E-state index in [1.54, 1.807) is 49.0 Å². The molecule has 1 amide bonds. The number of aromatic nitrogens is 3. The Morgan fingerprint density at radius 2 is 1.73 bits per heavy atom. The van der Waals surface area contributed by atoms with Gasteiger partial charge in [-0.3, -0.25) is 9.69 Å². The standard InChI is InChI=1S/C23H22N4O2S/c1-15(2)27(16(3)28)23-25-21(14-11-17-9-12-18(30-4)13-10-17)24-22(26-23)19-7-5-6-8-20(19)29/h5-14,29H,1H2,2-4H3/b14-11+. The van der Waals surface area contributed by atoms with Crippen LogP contribution in [0.4, 0.5) is 5.95 Å². The highest BCUT2D eigenvalue weighted by Gasteiger charge is 2.19. The van der Waals surface area contributed by atoms with E-state index >= 15 is 0 Å². The van der Waals surface area contributed by atoms with Crippen molar-refractivity contribution in [3.05, 3.63) is 72.2 Å². The van der Waals surface area contributed by atoms with Crippen molar-refractivity contribution in [2.75, 3.05) is 11.2 Å². The largest absolute Gasteiger partial charge is 0.507 e. The molecule has 0 unspecified atom stereocenters. The van der Waals surface area contributed by atoms with Crippen LogP contribution >= 0.6 is 11.8 Å². The van der Waals surface area contributed by atoms with E-state index in [0.717, 1.165) is 5.56 Å². The summed E-state index contributed by atoms with van der Waals surface area (Å²) in [4.78, 5) is 28.0. The molecule has 0 saturated heterocycles. The minimum absolute atomic E-state index is 0.0435. The van der Waals surface area contributed by atoms with Crippen molar-refractivity contribution in [1.82, 2.24) is 15.0 Å². The van der Waals surface area contributed by atoms with E-state index in [-0.39, 0.29) is 23.4 Å². The van der Waals surface area contributed by atoms with Crippen LogP contribution in [-0.4, -0.2) is 32.2 Å². The van der Waals surface area contributed by atoms with Gasteiger partial charge in [-0.25, -0.2) is 4.98 Å². The number of phenols is 1. The third kappa shape index (κ3) is 4.93. The third-order valence-corrected chi connectivity index (χ3v) is 4.97. The Bertz CT molecular complexity index is 1100.